The fraction of sp³-hybridized carbons (Fsp3) is 0.333. The Morgan fingerprint density at radius 2 is 2.11 bits per heavy atom. The van der Waals surface area contributed by atoms with Gasteiger partial charge in [-0.1, -0.05) is 6.07 Å². The highest BCUT2D eigenvalue weighted by Crippen LogP contribution is 2.22. The number of carbonyl (C=O) groups is 1. The molecule has 1 saturated heterocycles. The van der Waals surface area contributed by atoms with Crippen LogP contribution in [0.15, 0.2) is 48.8 Å². The molecule has 1 aliphatic rings. The number of rotatable bonds is 6. The molecule has 0 bridgehead atoms. The Balaban J connectivity index is 0.00000261. The number of nitrogens with zero attached hydrogens (tertiary/aromatic N) is 2. The Kier molecular flexibility index (Phi) is 7.90. The number of alkyl halides is 2. The average molecular weight is 399 g/mol. The summed E-state index contributed by atoms with van der Waals surface area (Å²) in [7, 11) is 0. The van der Waals surface area contributed by atoms with Gasteiger partial charge in [0.25, 0.3) is 0 Å². The van der Waals surface area contributed by atoms with Crippen LogP contribution in [0.2, 0.25) is 0 Å². The van der Waals surface area contributed by atoms with Gasteiger partial charge in [-0.25, -0.2) is 0 Å². The first kappa shape index (κ1) is 21.0. The van der Waals surface area contributed by atoms with E-state index in [-0.39, 0.29) is 36.7 Å². The number of hydrogen-bond acceptors (Lipinski definition) is 5. The van der Waals surface area contributed by atoms with Crippen LogP contribution in [-0.2, 0) is 4.79 Å². The van der Waals surface area contributed by atoms with E-state index in [1.165, 1.54) is 24.3 Å². The van der Waals surface area contributed by atoms with Gasteiger partial charge in [0.2, 0.25) is 5.91 Å². The molecule has 146 valence electrons. The van der Waals surface area contributed by atoms with Crippen molar-refractivity contribution in [3.63, 3.8) is 0 Å². The van der Waals surface area contributed by atoms with Crippen molar-refractivity contribution in [2.45, 2.75) is 12.7 Å². The molecule has 2 N–H and O–H groups in total. The molecule has 2 heterocycles. The number of nitrogens with one attached hydrogen (secondary N) is 2. The Morgan fingerprint density at radius 3 is 2.78 bits per heavy atom. The van der Waals surface area contributed by atoms with E-state index in [4.69, 9.17) is 0 Å². The van der Waals surface area contributed by atoms with E-state index in [2.05, 4.69) is 25.3 Å². The summed E-state index contributed by atoms with van der Waals surface area (Å²) in [6.45, 7) is -0.333. The molecule has 1 aromatic heterocycles. The van der Waals surface area contributed by atoms with Crippen molar-refractivity contribution in [3.05, 3.63) is 54.4 Å². The molecule has 0 aliphatic carbocycles. The van der Waals surface area contributed by atoms with Crippen molar-refractivity contribution < 1.29 is 18.3 Å². The molecule has 2 aromatic rings. The average Bonchev–Trinajstić information content (AvgIpc) is 2.64. The van der Waals surface area contributed by atoms with Gasteiger partial charge >= 0.3 is 6.61 Å². The summed E-state index contributed by atoms with van der Waals surface area (Å²) in [5.74, 6) is -0.111. The van der Waals surface area contributed by atoms with E-state index in [9.17, 15) is 13.6 Å². The van der Waals surface area contributed by atoms with Gasteiger partial charge in [0.05, 0.1) is 6.54 Å². The largest absolute Gasteiger partial charge is 0.435 e. The third-order valence-corrected chi connectivity index (χ3v) is 4.13. The highest BCUT2D eigenvalue weighted by Gasteiger charge is 2.25. The van der Waals surface area contributed by atoms with Gasteiger partial charge in [0.15, 0.2) is 0 Å². The van der Waals surface area contributed by atoms with Gasteiger partial charge < -0.3 is 15.4 Å². The second kappa shape index (κ2) is 10.1. The summed E-state index contributed by atoms with van der Waals surface area (Å²) in [5, 5.41) is 6.11. The summed E-state index contributed by atoms with van der Waals surface area (Å²) in [6.07, 6.45) is 3.53. The van der Waals surface area contributed by atoms with Crippen LogP contribution in [0, 0.1) is 0 Å². The molecule has 1 fully saturated rings. The topological polar surface area (TPSA) is 66.5 Å². The molecule has 1 unspecified atom stereocenters. The molecule has 1 aromatic carbocycles. The van der Waals surface area contributed by atoms with Gasteiger partial charge in [-0.2, -0.15) is 8.78 Å². The minimum absolute atomic E-state index is 0. The van der Waals surface area contributed by atoms with Crippen LogP contribution < -0.4 is 15.4 Å². The number of piperazine rings is 1. The number of carbonyl (C=O) groups excluding carboxylic acids is 1. The Hall–Kier alpha value is -2.29. The molecule has 0 spiro atoms. The van der Waals surface area contributed by atoms with Gasteiger partial charge in [0, 0.05) is 43.8 Å². The van der Waals surface area contributed by atoms with E-state index in [1.807, 2.05) is 18.3 Å². The number of amides is 1. The molecule has 3 rings (SSSR count). The maximum atomic E-state index is 12.4. The highest BCUT2D eigenvalue weighted by atomic mass is 35.5. The van der Waals surface area contributed by atoms with Crippen LogP contribution in [0.1, 0.15) is 11.6 Å². The summed E-state index contributed by atoms with van der Waals surface area (Å²) in [4.78, 5) is 18.6. The number of hydrogen-bond donors (Lipinski definition) is 2. The standard InChI is InChI=1S/C18H20F2N4O2.ClH/c19-18(20)26-15-5-3-14(4-6-15)23-17(25)12-24-9-8-22-11-16(24)13-2-1-7-21-10-13;/h1-7,10,16,18,22H,8-9,11-12H2,(H,23,25);1H. The molecular weight excluding hydrogens is 378 g/mol. The minimum Gasteiger partial charge on any atom is -0.435 e. The number of benzene rings is 1. The maximum absolute atomic E-state index is 12.4. The quantitative estimate of drug-likeness (QED) is 0.783. The van der Waals surface area contributed by atoms with Crippen LogP contribution in [0.3, 0.4) is 0 Å². The molecule has 1 atom stereocenters. The highest BCUT2D eigenvalue weighted by molar-refractivity contribution is 5.92. The van der Waals surface area contributed by atoms with E-state index in [1.54, 1.807) is 6.20 Å². The normalized spacial score (nSPS) is 17.2. The molecule has 1 aliphatic heterocycles. The zero-order chi connectivity index (χ0) is 18.4. The van der Waals surface area contributed by atoms with Crippen LogP contribution in [0.4, 0.5) is 14.5 Å². The van der Waals surface area contributed by atoms with Crippen molar-refractivity contribution >= 4 is 24.0 Å². The maximum Gasteiger partial charge on any atom is 0.387 e. The Bertz CT molecular complexity index is 719. The van der Waals surface area contributed by atoms with Crippen molar-refractivity contribution in [3.8, 4) is 5.75 Å². The Morgan fingerprint density at radius 1 is 1.33 bits per heavy atom. The van der Waals surface area contributed by atoms with E-state index >= 15 is 0 Å². The van der Waals surface area contributed by atoms with Crippen LogP contribution in [-0.4, -0.2) is 48.6 Å². The van der Waals surface area contributed by atoms with Crippen molar-refractivity contribution in [1.82, 2.24) is 15.2 Å². The molecule has 0 radical (unpaired) electrons. The smallest absolute Gasteiger partial charge is 0.387 e. The fourth-order valence-corrected chi connectivity index (χ4v) is 2.94. The van der Waals surface area contributed by atoms with Gasteiger partial charge in [0.1, 0.15) is 5.75 Å². The van der Waals surface area contributed by atoms with Gasteiger partial charge in [-0.15, -0.1) is 12.4 Å². The summed E-state index contributed by atoms with van der Waals surface area (Å²) in [6, 6.07) is 9.81. The number of pyridine rings is 1. The number of ether oxygens (including phenoxy) is 1. The first-order valence-electron chi connectivity index (χ1n) is 8.31. The van der Waals surface area contributed by atoms with Gasteiger partial charge in [-0.05, 0) is 35.9 Å². The third-order valence-electron chi connectivity index (χ3n) is 4.13. The van der Waals surface area contributed by atoms with Crippen molar-refractivity contribution in [2.24, 2.45) is 0 Å². The van der Waals surface area contributed by atoms with Crippen LogP contribution in [0.25, 0.3) is 0 Å². The Labute approximate surface area is 162 Å². The monoisotopic (exact) mass is 398 g/mol. The predicted molar refractivity (Wildman–Crippen MR) is 100 cm³/mol. The SMILES string of the molecule is Cl.O=C(CN1CCNCC1c1cccnc1)Nc1ccc(OC(F)F)cc1. The van der Waals surface area contributed by atoms with E-state index in [0.717, 1.165) is 25.2 Å². The fourth-order valence-electron chi connectivity index (χ4n) is 2.94. The lowest BCUT2D eigenvalue weighted by Crippen LogP contribution is -2.48. The summed E-state index contributed by atoms with van der Waals surface area (Å²) >= 11 is 0. The van der Waals surface area contributed by atoms with Gasteiger partial charge in [-0.3, -0.25) is 14.7 Å². The summed E-state index contributed by atoms with van der Waals surface area (Å²) < 4.78 is 28.6. The lowest BCUT2D eigenvalue weighted by Gasteiger charge is -2.35. The van der Waals surface area contributed by atoms with E-state index in [0.29, 0.717) is 5.69 Å². The summed E-state index contributed by atoms with van der Waals surface area (Å²) in [5.41, 5.74) is 1.59. The first-order chi connectivity index (χ1) is 12.6. The van der Waals surface area contributed by atoms with E-state index < -0.39 is 6.61 Å². The second-order valence-corrected chi connectivity index (χ2v) is 5.93. The van der Waals surface area contributed by atoms with Crippen LogP contribution >= 0.6 is 12.4 Å². The van der Waals surface area contributed by atoms with Crippen LogP contribution in [0.5, 0.6) is 5.75 Å². The first-order valence-corrected chi connectivity index (χ1v) is 8.31. The molecule has 6 nitrogen and oxygen atoms in total. The number of aromatic nitrogens is 1. The minimum atomic E-state index is -2.87. The zero-order valence-corrected chi connectivity index (χ0v) is 15.3. The molecule has 1 amide bonds. The molecule has 27 heavy (non-hydrogen) atoms. The van der Waals surface area contributed by atoms with Crippen molar-refractivity contribution in [1.29, 1.82) is 0 Å². The molecule has 9 heteroatoms. The molecule has 0 saturated carbocycles. The molecular formula is C18H21ClF2N4O2. The number of anilines is 1. The number of halogens is 3. The second-order valence-electron chi connectivity index (χ2n) is 5.93. The predicted octanol–water partition coefficient (Wildman–Crippen LogP) is 2.69. The lowest BCUT2D eigenvalue weighted by molar-refractivity contribution is -0.118. The zero-order valence-electron chi connectivity index (χ0n) is 14.5. The van der Waals surface area contributed by atoms with Crippen molar-refractivity contribution in [2.75, 3.05) is 31.5 Å². The lowest BCUT2D eigenvalue weighted by atomic mass is 10.1. The third kappa shape index (κ3) is 6.13.